The highest BCUT2D eigenvalue weighted by molar-refractivity contribution is 7.99. The molecule has 0 spiro atoms. The van der Waals surface area contributed by atoms with Crippen LogP contribution in [0.2, 0.25) is 0 Å². The number of nitrogens with two attached hydrogens (primary N) is 1. The van der Waals surface area contributed by atoms with E-state index in [4.69, 9.17) is 10.5 Å². The van der Waals surface area contributed by atoms with Gasteiger partial charge in [0.05, 0.1) is 17.5 Å². The third-order valence-electron chi connectivity index (χ3n) is 8.80. The number of hydrogen-bond acceptors (Lipinski definition) is 11. The van der Waals surface area contributed by atoms with E-state index >= 15 is 0 Å². The minimum absolute atomic E-state index is 0.000615. The second-order valence-electron chi connectivity index (χ2n) is 11.1. The summed E-state index contributed by atoms with van der Waals surface area (Å²) in [6.45, 7) is 0.135. The van der Waals surface area contributed by atoms with Crippen LogP contribution >= 0.6 is 11.8 Å². The third-order valence-corrected chi connectivity index (χ3v) is 10.3. The van der Waals surface area contributed by atoms with Gasteiger partial charge in [0.2, 0.25) is 5.78 Å². The number of ether oxygens (including phenoxy) is 1. The standard InChI is InChI=1S/C28H32N2O9S/c1-30(2)21-20-24(39-11-31)17-14(10-40-12-6-3-4-7-12)13-8-5-9-15(32)16(13)22(33)18(17)25(35)28(20,38)26(36)19(23(21)34)27(29)37/h5,8-9,11-12,14,17,20-21,24,32-33,36,38H,3-4,6-7,10H2,1-2H3,(H2,29,37)/t14-,17+,20+,21-,24-,28-/m1/s1. The highest BCUT2D eigenvalue weighted by Gasteiger charge is 2.69. The first-order valence-corrected chi connectivity index (χ1v) is 14.2. The predicted octanol–water partition coefficient (Wildman–Crippen LogP) is 1.33. The number of benzene rings is 1. The zero-order chi connectivity index (χ0) is 29.1. The fourth-order valence-electron chi connectivity index (χ4n) is 7.09. The molecular weight excluding hydrogens is 540 g/mol. The number of thioether (sulfide) groups is 1. The number of amides is 1. The van der Waals surface area contributed by atoms with Crippen molar-refractivity contribution in [3.63, 3.8) is 0 Å². The quantitative estimate of drug-likeness (QED) is 0.234. The summed E-state index contributed by atoms with van der Waals surface area (Å²) in [5, 5.41) is 45.7. The molecule has 4 aliphatic carbocycles. The first-order chi connectivity index (χ1) is 19.0. The minimum atomic E-state index is -2.94. The minimum Gasteiger partial charge on any atom is -0.508 e. The van der Waals surface area contributed by atoms with Crippen molar-refractivity contribution < 1.29 is 44.3 Å². The molecule has 0 saturated heterocycles. The Bertz CT molecular complexity index is 1350. The Hall–Kier alpha value is -3.35. The Morgan fingerprint density at radius 1 is 1.20 bits per heavy atom. The number of aromatic hydroxyl groups is 1. The van der Waals surface area contributed by atoms with Crippen LogP contribution in [0.3, 0.4) is 0 Å². The van der Waals surface area contributed by atoms with Gasteiger partial charge < -0.3 is 30.9 Å². The molecule has 2 fully saturated rings. The number of carbonyl (C=O) groups excluding carboxylic acids is 4. The van der Waals surface area contributed by atoms with E-state index in [2.05, 4.69) is 0 Å². The number of hydrogen-bond donors (Lipinski definition) is 5. The summed E-state index contributed by atoms with van der Waals surface area (Å²) in [6.07, 6.45) is 2.84. The Kier molecular flexibility index (Phi) is 7.22. The van der Waals surface area contributed by atoms with Gasteiger partial charge in [-0.25, -0.2) is 0 Å². The van der Waals surface area contributed by atoms with Gasteiger partial charge in [-0.3, -0.25) is 24.1 Å². The van der Waals surface area contributed by atoms with Gasteiger partial charge in [0.15, 0.2) is 11.4 Å². The first kappa shape index (κ1) is 28.2. The summed E-state index contributed by atoms with van der Waals surface area (Å²) in [5.41, 5.74) is 1.67. The van der Waals surface area contributed by atoms with Crippen molar-refractivity contribution >= 4 is 41.5 Å². The molecule has 1 amide bonds. The molecule has 11 nitrogen and oxygen atoms in total. The Balaban J connectivity index is 1.78. The molecule has 4 aliphatic rings. The van der Waals surface area contributed by atoms with Gasteiger partial charge in [0.1, 0.15) is 28.9 Å². The van der Waals surface area contributed by atoms with Crippen molar-refractivity contribution in [2.75, 3.05) is 19.8 Å². The Morgan fingerprint density at radius 2 is 1.88 bits per heavy atom. The SMILES string of the molecule is CN(C)[C@H]1C(=O)C(C(N)=O)=C(O)[C@]2(O)C(=O)C3=C(O)c4c(O)cccc4[C@@H](CSC4CCCC4)[C@@H]3[C@@H](OC=O)[C@H]12. The van der Waals surface area contributed by atoms with Crippen LogP contribution in [0.5, 0.6) is 5.75 Å². The van der Waals surface area contributed by atoms with Crippen molar-refractivity contribution in [1.29, 1.82) is 0 Å². The fraction of sp³-hybridized carbons (Fsp3) is 0.500. The van der Waals surface area contributed by atoms with E-state index in [1.165, 1.54) is 25.1 Å². The number of nitrogens with zero attached hydrogens (tertiary/aromatic N) is 1. The van der Waals surface area contributed by atoms with Crippen LogP contribution in [0.25, 0.3) is 5.76 Å². The molecule has 0 radical (unpaired) electrons. The van der Waals surface area contributed by atoms with Crippen molar-refractivity contribution in [3.8, 4) is 5.75 Å². The lowest BCUT2D eigenvalue weighted by Gasteiger charge is -2.54. The van der Waals surface area contributed by atoms with E-state index in [1.54, 1.807) is 23.9 Å². The average molecular weight is 573 g/mol. The molecule has 5 rings (SSSR count). The zero-order valence-electron chi connectivity index (χ0n) is 22.1. The molecule has 0 aliphatic heterocycles. The summed E-state index contributed by atoms with van der Waals surface area (Å²) in [6, 6.07) is 3.28. The monoisotopic (exact) mass is 572 g/mol. The molecule has 0 bridgehead atoms. The van der Waals surface area contributed by atoms with Gasteiger partial charge in [-0.15, -0.1) is 0 Å². The fourth-order valence-corrected chi connectivity index (χ4v) is 8.62. The number of primary amides is 1. The van der Waals surface area contributed by atoms with Crippen LogP contribution in [0.1, 0.15) is 42.7 Å². The molecular formula is C28H32N2O9S. The summed E-state index contributed by atoms with van der Waals surface area (Å²) in [7, 11) is 2.97. The lowest BCUT2D eigenvalue weighted by atomic mass is 9.54. The lowest BCUT2D eigenvalue weighted by molar-refractivity contribution is -0.178. The second kappa shape index (κ2) is 10.2. The van der Waals surface area contributed by atoms with Crippen LogP contribution in [0, 0.1) is 11.8 Å². The van der Waals surface area contributed by atoms with Crippen molar-refractivity contribution in [2.45, 2.75) is 54.6 Å². The van der Waals surface area contributed by atoms with Crippen LogP contribution in [-0.4, -0.2) is 92.1 Å². The number of Topliss-reactive ketones (excluding diaryl/α,β-unsaturated/α-hetero) is 2. The molecule has 40 heavy (non-hydrogen) atoms. The Morgan fingerprint density at radius 3 is 2.48 bits per heavy atom. The summed E-state index contributed by atoms with van der Waals surface area (Å²) in [5.74, 6) is -8.37. The van der Waals surface area contributed by atoms with Crippen LogP contribution in [0.4, 0.5) is 0 Å². The zero-order valence-corrected chi connectivity index (χ0v) is 22.9. The predicted molar refractivity (Wildman–Crippen MR) is 144 cm³/mol. The first-order valence-electron chi connectivity index (χ1n) is 13.1. The van der Waals surface area contributed by atoms with Crippen molar-refractivity contribution in [1.82, 2.24) is 4.90 Å². The van der Waals surface area contributed by atoms with Gasteiger partial charge in [0.25, 0.3) is 12.4 Å². The number of aliphatic hydroxyl groups is 3. The molecule has 214 valence electrons. The average Bonchev–Trinajstić information content (AvgIpc) is 3.41. The maximum absolute atomic E-state index is 14.3. The third kappa shape index (κ3) is 3.95. The van der Waals surface area contributed by atoms with E-state index in [0.717, 1.165) is 25.7 Å². The van der Waals surface area contributed by atoms with Crippen molar-refractivity contribution in [3.05, 3.63) is 46.2 Å². The number of phenols is 1. The summed E-state index contributed by atoms with van der Waals surface area (Å²) >= 11 is 1.68. The van der Waals surface area contributed by atoms with Gasteiger partial charge in [-0.1, -0.05) is 25.0 Å². The van der Waals surface area contributed by atoms with Gasteiger partial charge in [-0.2, -0.15) is 11.8 Å². The highest BCUT2D eigenvalue weighted by atomic mass is 32.2. The lowest BCUT2D eigenvalue weighted by Crippen LogP contribution is -2.71. The normalized spacial score (nSPS) is 32.1. The van der Waals surface area contributed by atoms with E-state index in [0.29, 0.717) is 16.6 Å². The maximum Gasteiger partial charge on any atom is 0.293 e. The molecule has 1 aromatic carbocycles. The second-order valence-corrected chi connectivity index (χ2v) is 12.4. The number of likely N-dealkylation sites (N-methyl/N-ethyl adjacent to an activating group) is 1. The van der Waals surface area contributed by atoms with Crippen LogP contribution in [0.15, 0.2) is 35.1 Å². The van der Waals surface area contributed by atoms with E-state index in [9.17, 15) is 39.6 Å². The maximum atomic E-state index is 14.3. The number of fused-ring (bicyclic) bond motifs is 3. The van der Waals surface area contributed by atoms with Gasteiger partial charge in [-0.05, 0) is 38.6 Å². The van der Waals surface area contributed by atoms with Crippen LogP contribution < -0.4 is 5.73 Å². The van der Waals surface area contributed by atoms with E-state index < -0.39 is 70.1 Å². The number of phenolic OH excluding ortho intramolecular Hbond substituents is 1. The Labute approximate surface area is 234 Å². The summed E-state index contributed by atoms with van der Waals surface area (Å²) < 4.78 is 5.57. The largest absolute Gasteiger partial charge is 0.508 e. The highest BCUT2D eigenvalue weighted by Crippen LogP contribution is 2.57. The number of ketones is 2. The van der Waals surface area contributed by atoms with Crippen molar-refractivity contribution in [2.24, 2.45) is 17.6 Å². The molecule has 0 unspecified atom stereocenters. The molecule has 2 saturated carbocycles. The number of rotatable bonds is 7. The van der Waals surface area contributed by atoms with Crippen LogP contribution in [-0.2, 0) is 23.9 Å². The van der Waals surface area contributed by atoms with Gasteiger partial charge in [0, 0.05) is 28.4 Å². The molecule has 6 atom stereocenters. The topological polar surface area (TPSA) is 188 Å². The smallest absolute Gasteiger partial charge is 0.293 e. The molecule has 12 heteroatoms. The number of aliphatic hydroxyl groups excluding tert-OH is 2. The summed E-state index contributed by atoms with van der Waals surface area (Å²) in [4.78, 5) is 53.3. The molecule has 1 aromatic rings. The molecule has 0 heterocycles. The molecule has 0 aromatic heterocycles. The van der Waals surface area contributed by atoms with Gasteiger partial charge >= 0.3 is 0 Å². The molecule has 6 N–H and O–H groups in total. The number of carbonyl (C=O) groups is 4. The van der Waals surface area contributed by atoms with E-state index in [1.807, 2.05) is 0 Å². The van der Waals surface area contributed by atoms with E-state index in [-0.39, 0.29) is 23.4 Å².